The number of carbonyl (C=O) groups excluding carboxylic acids is 2. The van der Waals surface area contributed by atoms with Crippen LogP contribution in [0.4, 0.5) is 0 Å². The Morgan fingerprint density at radius 1 is 1.39 bits per heavy atom. The van der Waals surface area contributed by atoms with Crippen LogP contribution in [0, 0.1) is 5.92 Å². The van der Waals surface area contributed by atoms with Gasteiger partial charge < -0.3 is 21.1 Å². The van der Waals surface area contributed by atoms with Crippen molar-refractivity contribution >= 4 is 11.8 Å². The van der Waals surface area contributed by atoms with Crippen molar-refractivity contribution in [2.24, 2.45) is 11.7 Å². The second-order valence-electron chi connectivity index (χ2n) is 4.70. The summed E-state index contributed by atoms with van der Waals surface area (Å²) in [4.78, 5) is 22.7. The molecule has 6 heteroatoms. The summed E-state index contributed by atoms with van der Waals surface area (Å²) in [6, 6.07) is 0.0768. The summed E-state index contributed by atoms with van der Waals surface area (Å²) < 4.78 is 4.87. The molecule has 1 fully saturated rings. The van der Waals surface area contributed by atoms with Gasteiger partial charge in [-0.15, -0.1) is 0 Å². The Balaban J connectivity index is 2.20. The topological polar surface area (TPSA) is 93.4 Å². The zero-order chi connectivity index (χ0) is 13.4. The minimum absolute atomic E-state index is 0.0405. The lowest BCUT2D eigenvalue weighted by Gasteiger charge is -2.27. The molecule has 2 atom stereocenters. The van der Waals surface area contributed by atoms with Gasteiger partial charge in [0.2, 0.25) is 11.8 Å². The van der Waals surface area contributed by atoms with Crippen LogP contribution in [0.3, 0.4) is 0 Å². The summed E-state index contributed by atoms with van der Waals surface area (Å²) in [6.45, 7) is 1.51. The normalized spacial score (nSPS) is 23.6. The maximum atomic E-state index is 11.6. The van der Waals surface area contributed by atoms with E-state index in [2.05, 4.69) is 10.6 Å². The SMILES string of the molecule is COCCNCC(=O)NC1CCCC(C(N)=O)C1. The zero-order valence-electron chi connectivity index (χ0n) is 10.9. The van der Waals surface area contributed by atoms with Crippen molar-refractivity contribution in [2.75, 3.05) is 26.8 Å². The molecule has 2 unspecified atom stereocenters. The van der Waals surface area contributed by atoms with Gasteiger partial charge in [-0.3, -0.25) is 9.59 Å². The fourth-order valence-electron chi connectivity index (χ4n) is 2.23. The van der Waals surface area contributed by atoms with Crippen molar-refractivity contribution in [3.8, 4) is 0 Å². The Kier molecular flexibility index (Phi) is 6.67. The number of amides is 2. The lowest BCUT2D eigenvalue weighted by atomic mass is 9.85. The molecule has 2 amide bonds. The molecule has 0 aromatic rings. The molecule has 0 aromatic carbocycles. The molecule has 4 N–H and O–H groups in total. The van der Waals surface area contributed by atoms with E-state index in [0.29, 0.717) is 19.6 Å². The summed E-state index contributed by atoms with van der Waals surface area (Å²) in [7, 11) is 1.62. The van der Waals surface area contributed by atoms with Gasteiger partial charge in [0.25, 0.3) is 0 Å². The van der Waals surface area contributed by atoms with Crippen molar-refractivity contribution in [1.29, 1.82) is 0 Å². The number of nitrogens with two attached hydrogens (primary N) is 1. The summed E-state index contributed by atoms with van der Waals surface area (Å²) in [5.74, 6) is -0.390. The smallest absolute Gasteiger partial charge is 0.234 e. The molecule has 0 saturated heterocycles. The van der Waals surface area contributed by atoms with Gasteiger partial charge in [0.1, 0.15) is 0 Å². The molecule has 0 heterocycles. The maximum Gasteiger partial charge on any atom is 0.234 e. The molecule has 1 saturated carbocycles. The van der Waals surface area contributed by atoms with E-state index < -0.39 is 0 Å². The van der Waals surface area contributed by atoms with Crippen LogP contribution in [0.1, 0.15) is 25.7 Å². The lowest BCUT2D eigenvalue weighted by Crippen LogP contribution is -2.44. The third kappa shape index (κ3) is 5.46. The Morgan fingerprint density at radius 3 is 2.83 bits per heavy atom. The van der Waals surface area contributed by atoms with Crippen molar-refractivity contribution < 1.29 is 14.3 Å². The number of methoxy groups -OCH3 is 1. The average Bonchev–Trinajstić information content (AvgIpc) is 2.35. The predicted molar refractivity (Wildman–Crippen MR) is 67.8 cm³/mol. The molecule has 0 bridgehead atoms. The van der Waals surface area contributed by atoms with Crippen LogP contribution < -0.4 is 16.4 Å². The Bertz CT molecular complexity index is 284. The van der Waals surface area contributed by atoms with E-state index in [1.165, 1.54) is 0 Å². The van der Waals surface area contributed by atoms with Gasteiger partial charge in [0.05, 0.1) is 13.2 Å². The van der Waals surface area contributed by atoms with Crippen molar-refractivity contribution in [3.05, 3.63) is 0 Å². The monoisotopic (exact) mass is 257 g/mol. The molecule has 0 aromatic heterocycles. The van der Waals surface area contributed by atoms with Gasteiger partial charge in [-0.1, -0.05) is 6.42 Å². The minimum Gasteiger partial charge on any atom is -0.383 e. The molecular formula is C12H23N3O3. The maximum absolute atomic E-state index is 11.6. The highest BCUT2D eigenvalue weighted by Gasteiger charge is 2.26. The lowest BCUT2D eigenvalue weighted by molar-refractivity contribution is -0.125. The highest BCUT2D eigenvalue weighted by Crippen LogP contribution is 2.23. The van der Waals surface area contributed by atoms with Gasteiger partial charge in [-0.25, -0.2) is 0 Å². The number of ether oxygens (including phenoxy) is 1. The first-order valence-corrected chi connectivity index (χ1v) is 6.41. The largest absolute Gasteiger partial charge is 0.383 e. The predicted octanol–water partition coefficient (Wildman–Crippen LogP) is -0.617. The molecule has 104 valence electrons. The van der Waals surface area contributed by atoms with E-state index in [1.54, 1.807) is 7.11 Å². The second-order valence-corrected chi connectivity index (χ2v) is 4.70. The highest BCUT2D eigenvalue weighted by atomic mass is 16.5. The van der Waals surface area contributed by atoms with Gasteiger partial charge in [0, 0.05) is 25.6 Å². The van der Waals surface area contributed by atoms with Crippen LogP contribution in [0.2, 0.25) is 0 Å². The quantitative estimate of drug-likeness (QED) is 0.530. The zero-order valence-corrected chi connectivity index (χ0v) is 10.9. The first-order valence-electron chi connectivity index (χ1n) is 6.41. The molecule has 0 aliphatic heterocycles. The minimum atomic E-state index is -0.257. The number of nitrogens with one attached hydrogen (secondary N) is 2. The number of rotatable bonds is 7. The van der Waals surface area contributed by atoms with Gasteiger partial charge >= 0.3 is 0 Å². The summed E-state index contributed by atoms with van der Waals surface area (Å²) >= 11 is 0. The second kappa shape index (κ2) is 8.05. The van der Waals surface area contributed by atoms with Crippen molar-refractivity contribution in [2.45, 2.75) is 31.7 Å². The average molecular weight is 257 g/mol. The van der Waals surface area contributed by atoms with E-state index >= 15 is 0 Å². The number of carbonyl (C=O) groups is 2. The van der Waals surface area contributed by atoms with Gasteiger partial charge in [-0.2, -0.15) is 0 Å². The van der Waals surface area contributed by atoms with Crippen LogP contribution in [0.5, 0.6) is 0 Å². The van der Waals surface area contributed by atoms with Crippen LogP contribution in [0.25, 0.3) is 0 Å². The fraction of sp³-hybridized carbons (Fsp3) is 0.833. The van der Waals surface area contributed by atoms with Crippen LogP contribution >= 0.6 is 0 Å². The Labute approximate surface area is 108 Å². The first kappa shape index (κ1) is 14.9. The molecule has 18 heavy (non-hydrogen) atoms. The standard InChI is InChI=1S/C12H23N3O3/c1-18-6-5-14-8-11(16)15-10-4-2-3-9(7-10)12(13)17/h9-10,14H,2-8H2,1H3,(H2,13,17)(H,15,16). The molecule has 0 spiro atoms. The van der Waals surface area contributed by atoms with E-state index in [0.717, 1.165) is 19.3 Å². The summed E-state index contributed by atoms with van der Waals surface area (Å²) in [6.07, 6.45) is 3.37. The van der Waals surface area contributed by atoms with E-state index in [9.17, 15) is 9.59 Å². The van der Waals surface area contributed by atoms with E-state index in [4.69, 9.17) is 10.5 Å². The Hall–Kier alpha value is -1.14. The van der Waals surface area contributed by atoms with E-state index in [-0.39, 0.29) is 30.3 Å². The molecule has 0 radical (unpaired) electrons. The summed E-state index contributed by atoms with van der Waals surface area (Å²) in [5.41, 5.74) is 5.30. The highest BCUT2D eigenvalue weighted by molar-refractivity contribution is 5.79. The molecular weight excluding hydrogens is 234 g/mol. The number of hydrogen-bond acceptors (Lipinski definition) is 4. The molecule has 1 rings (SSSR count). The van der Waals surface area contributed by atoms with Gasteiger partial charge in [0.15, 0.2) is 0 Å². The third-order valence-electron chi connectivity index (χ3n) is 3.21. The summed E-state index contributed by atoms with van der Waals surface area (Å²) in [5, 5.41) is 5.91. The number of hydrogen-bond donors (Lipinski definition) is 3. The fourth-order valence-corrected chi connectivity index (χ4v) is 2.23. The van der Waals surface area contributed by atoms with E-state index in [1.807, 2.05) is 0 Å². The third-order valence-corrected chi connectivity index (χ3v) is 3.21. The molecule has 1 aliphatic rings. The van der Waals surface area contributed by atoms with Gasteiger partial charge in [-0.05, 0) is 19.3 Å². The van der Waals surface area contributed by atoms with Crippen LogP contribution in [0.15, 0.2) is 0 Å². The molecule has 6 nitrogen and oxygen atoms in total. The van der Waals surface area contributed by atoms with Crippen LogP contribution in [-0.2, 0) is 14.3 Å². The molecule has 1 aliphatic carbocycles. The Morgan fingerprint density at radius 2 is 2.17 bits per heavy atom. The first-order chi connectivity index (χ1) is 8.63. The van der Waals surface area contributed by atoms with Crippen molar-refractivity contribution in [3.63, 3.8) is 0 Å². The number of primary amides is 1. The van der Waals surface area contributed by atoms with Crippen LogP contribution in [-0.4, -0.2) is 44.7 Å². The van der Waals surface area contributed by atoms with Crippen molar-refractivity contribution in [1.82, 2.24) is 10.6 Å².